The number of ether oxygens (including phenoxy) is 1. The molecule has 28 heavy (non-hydrogen) atoms. The quantitative estimate of drug-likeness (QED) is 0.453. The molecule has 3 atom stereocenters. The predicted octanol–water partition coefficient (Wildman–Crippen LogP) is 3.79. The number of hydrogen-bond acceptors (Lipinski definition) is 4. The van der Waals surface area contributed by atoms with Crippen LogP contribution >= 0.6 is 0 Å². The van der Waals surface area contributed by atoms with Crippen molar-refractivity contribution in [3.8, 4) is 5.75 Å². The van der Waals surface area contributed by atoms with Crippen LogP contribution in [0.2, 0.25) is 0 Å². The molecule has 0 aromatic heterocycles. The number of hydrogen-bond donors (Lipinski definition) is 0. The minimum atomic E-state index is -0.750. The van der Waals surface area contributed by atoms with Crippen LogP contribution in [0.5, 0.6) is 5.75 Å². The maximum Gasteiger partial charge on any atom is 0.238 e. The minimum Gasteiger partial charge on any atom is -0.480 e. The third-order valence-electron chi connectivity index (χ3n) is 5.35. The summed E-state index contributed by atoms with van der Waals surface area (Å²) in [5.74, 6) is -0.822. The zero-order valence-corrected chi connectivity index (χ0v) is 15.6. The number of allylic oxidation sites excluding steroid dienone is 2. The monoisotopic (exact) mass is 375 g/mol. The maximum absolute atomic E-state index is 12.9. The number of imide groups is 1. The molecule has 142 valence electrons. The normalized spacial score (nSPS) is 22.1. The number of nitrogens with zero attached hydrogens (tertiary/aromatic N) is 1. The second-order valence-electron chi connectivity index (χ2n) is 7.13. The Hall–Kier alpha value is -3.21. The van der Waals surface area contributed by atoms with Crippen LogP contribution in [0.25, 0.3) is 0 Å². The molecule has 0 unspecified atom stereocenters. The average molecular weight is 375 g/mol. The summed E-state index contributed by atoms with van der Waals surface area (Å²) >= 11 is 0. The Balaban J connectivity index is 1.60. The Labute approximate surface area is 163 Å². The molecule has 0 N–H and O–H groups in total. The van der Waals surface area contributed by atoms with Gasteiger partial charge < -0.3 is 4.74 Å². The van der Waals surface area contributed by atoms with Crippen LogP contribution < -0.4 is 9.64 Å². The Morgan fingerprint density at radius 3 is 2.14 bits per heavy atom. The number of ketones is 1. The van der Waals surface area contributed by atoms with Crippen molar-refractivity contribution in [2.75, 3.05) is 4.90 Å². The molecular formula is C23H21NO4. The lowest BCUT2D eigenvalue weighted by Gasteiger charge is -2.21. The molecule has 2 aromatic carbocycles. The first-order chi connectivity index (χ1) is 13.6. The van der Waals surface area contributed by atoms with E-state index in [0.29, 0.717) is 29.8 Å². The molecule has 0 bridgehead atoms. The molecule has 4 rings (SSSR count). The molecule has 5 heteroatoms. The fourth-order valence-corrected chi connectivity index (χ4v) is 3.86. The second-order valence-corrected chi connectivity index (χ2v) is 7.13. The van der Waals surface area contributed by atoms with E-state index in [9.17, 15) is 14.4 Å². The van der Waals surface area contributed by atoms with Crippen LogP contribution in [0.1, 0.15) is 30.1 Å². The Bertz CT molecular complexity index is 924. The van der Waals surface area contributed by atoms with Gasteiger partial charge in [-0.15, -0.1) is 0 Å². The van der Waals surface area contributed by atoms with Crippen LogP contribution in [0.15, 0.2) is 66.7 Å². The van der Waals surface area contributed by atoms with Crippen LogP contribution in [-0.4, -0.2) is 23.7 Å². The third-order valence-corrected chi connectivity index (χ3v) is 5.35. The summed E-state index contributed by atoms with van der Waals surface area (Å²) in [6.07, 6.45) is 4.33. The van der Waals surface area contributed by atoms with Gasteiger partial charge in [0.1, 0.15) is 5.75 Å². The Kier molecular flexibility index (Phi) is 4.82. The Morgan fingerprint density at radius 2 is 1.50 bits per heavy atom. The highest BCUT2D eigenvalue weighted by molar-refractivity contribution is 6.22. The van der Waals surface area contributed by atoms with Crippen molar-refractivity contribution >= 4 is 23.3 Å². The van der Waals surface area contributed by atoms with E-state index in [4.69, 9.17) is 4.74 Å². The lowest BCUT2D eigenvalue weighted by atomic mass is 9.85. The first-order valence-electron chi connectivity index (χ1n) is 9.45. The van der Waals surface area contributed by atoms with Gasteiger partial charge in [0.05, 0.1) is 17.5 Å². The highest BCUT2D eigenvalue weighted by Crippen LogP contribution is 2.40. The SMILES string of the molecule is C[C@H](Oc1ccccc1N1C(=O)[C@@H]2CC=CC[C@H]2C1=O)C(=O)c1ccccc1. The number of benzene rings is 2. The molecule has 1 aliphatic carbocycles. The summed E-state index contributed by atoms with van der Waals surface area (Å²) in [6.45, 7) is 1.67. The lowest BCUT2D eigenvalue weighted by Crippen LogP contribution is -2.32. The number of carbonyl (C=O) groups is 3. The fraction of sp³-hybridized carbons (Fsp3) is 0.261. The lowest BCUT2D eigenvalue weighted by molar-refractivity contribution is -0.122. The molecular weight excluding hydrogens is 354 g/mol. The summed E-state index contributed by atoms with van der Waals surface area (Å²) in [4.78, 5) is 39.7. The fourth-order valence-electron chi connectivity index (χ4n) is 3.86. The number of fused-ring (bicyclic) bond motifs is 1. The van der Waals surface area contributed by atoms with E-state index in [1.54, 1.807) is 55.5 Å². The summed E-state index contributed by atoms with van der Waals surface area (Å²) < 4.78 is 5.91. The topological polar surface area (TPSA) is 63.7 Å². The van der Waals surface area contributed by atoms with Crippen molar-refractivity contribution in [1.82, 2.24) is 0 Å². The number of rotatable bonds is 5. The van der Waals surface area contributed by atoms with Crippen LogP contribution in [-0.2, 0) is 9.59 Å². The van der Waals surface area contributed by atoms with Crippen molar-refractivity contribution in [2.45, 2.75) is 25.9 Å². The first kappa shape index (κ1) is 18.2. The summed E-state index contributed by atoms with van der Waals surface area (Å²) in [7, 11) is 0. The Morgan fingerprint density at radius 1 is 0.929 bits per heavy atom. The molecule has 0 radical (unpaired) electrons. The van der Waals surface area contributed by atoms with Gasteiger partial charge in [0, 0.05) is 5.56 Å². The van der Waals surface area contributed by atoms with Crippen molar-refractivity contribution in [3.63, 3.8) is 0 Å². The molecule has 2 amide bonds. The van der Waals surface area contributed by atoms with E-state index in [1.807, 2.05) is 18.2 Å². The highest BCUT2D eigenvalue weighted by atomic mass is 16.5. The highest BCUT2D eigenvalue weighted by Gasteiger charge is 2.48. The molecule has 2 aliphatic rings. The number of para-hydroxylation sites is 2. The predicted molar refractivity (Wildman–Crippen MR) is 105 cm³/mol. The van der Waals surface area contributed by atoms with Gasteiger partial charge in [-0.3, -0.25) is 14.4 Å². The van der Waals surface area contributed by atoms with Crippen molar-refractivity contribution in [2.24, 2.45) is 11.8 Å². The third kappa shape index (κ3) is 3.13. The minimum absolute atomic E-state index is 0.160. The van der Waals surface area contributed by atoms with Gasteiger partial charge in [-0.25, -0.2) is 4.90 Å². The van der Waals surface area contributed by atoms with Gasteiger partial charge >= 0.3 is 0 Å². The standard InChI is InChI=1S/C23H21NO4/c1-15(21(25)16-9-3-2-4-10-16)28-20-14-8-7-13-19(20)24-22(26)17-11-5-6-12-18(17)23(24)27/h2-10,13-15,17-18H,11-12H2,1H3/t15-,17+,18+/m0/s1. The van der Waals surface area contributed by atoms with Crippen molar-refractivity contribution < 1.29 is 19.1 Å². The molecule has 0 saturated carbocycles. The molecule has 0 spiro atoms. The van der Waals surface area contributed by atoms with Gasteiger partial charge in [-0.05, 0) is 31.9 Å². The van der Waals surface area contributed by atoms with Crippen LogP contribution in [0, 0.1) is 11.8 Å². The van der Waals surface area contributed by atoms with Gasteiger partial charge in [0.15, 0.2) is 6.10 Å². The average Bonchev–Trinajstić information content (AvgIpc) is 2.99. The van der Waals surface area contributed by atoms with E-state index < -0.39 is 6.10 Å². The first-order valence-corrected chi connectivity index (χ1v) is 9.45. The smallest absolute Gasteiger partial charge is 0.238 e. The largest absolute Gasteiger partial charge is 0.480 e. The van der Waals surface area contributed by atoms with E-state index in [1.165, 1.54) is 4.90 Å². The van der Waals surface area contributed by atoms with Gasteiger partial charge in [-0.1, -0.05) is 54.6 Å². The maximum atomic E-state index is 12.9. The van der Waals surface area contributed by atoms with Crippen molar-refractivity contribution in [3.05, 3.63) is 72.3 Å². The molecule has 2 aromatic rings. The van der Waals surface area contributed by atoms with Gasteiger partial charge in [0.2, 0.25) is 17.6 Å². The van der Waals surface area contributed by atoms with E-state index in [2.05, 4.69) is 0 Å². The van der Waals surface area contributed by atoms with Crippen LogP contribution in [0.4, 0.5) is 5.69 Å². The van der Waals surface area contributed by atoms with E-state index >= 15 is 0 Å². The summed E-state index contributed by atoms with van der Waals surface area (Å²) in [5, 5.41) is 0. The summed E-state index contributed by atoms with van der Waals surface area (Å²) in [5.41, 5.74) is 0.956. The molecule has 1 saturated heterocycles. The molecule has 1 heterocycles. The van der Waals surface area contributed by atoms with Crippen molar-refractivity contribution in [1.29, 1.82) is 0 Å². The van der Waals surface area contributed by atoms with E-state index in [0.717, 1.165) is 0 Å². The zero-order valence-electron chi connectivity index (χ0n) is 15.6. The van der Waals surface area contributed by atoms with Crippen LogP contribution in [0.3, 0.4) is 0 Å². The molecule has 1 aliphatic heterocycles. The van der Waals surface area contributed by atoms with E-state index in [-0.39, 0.29) is 29.4 Å². The number of anilines is 1. The zero-order chi connectivity index (χ0) is 19.7. The molecule has 5 nitrogen and oxygen atoms in total. The second kappa shape index (κ2) is 7.43. The number of amides is 2. The van der Waals surface area contributed by atoms with Gasteiger partial charge in [-0.2, -0.15) is 0 Å². The summed E-state index contributed by atoms with van der Waals surface area (Å²) in [6, 6.07) is 15.8. The van der Waals surface area contributed by atoms with Gasteiger partial charge in [0.25, 0.3) is 0 Å². The molecule has 1 fully saturated rings. The number of carbonyl (C=O) groups excluding carboxylic acids is 3. The number of Topliss-reactive ketones (excluding diaryl/α,β-unsaturated/α-hetero) is 1.